The Balaban J connectivity index is 1.68. The molecule has 0 spiro atoms. The molecule has 2 aromatic carbocycles. The maximum Gasteiger partial charge on any atom is 0.256 e. The molecule has 0 unspecified atom stereocenters. The number of aromatic nitrogens is 3. The lowest BCUT2D eigenvalue weighted by atomic mass is 10.1. The predicted octanol–water partition coefficient (Wildman–Crippen LogP) is 3.22. The first-order chi connectivity index (χ1) is 13.1. The van der Waals surface area contributed by atoms with Crippen LogP contribution in [-0.2, 0) is 6.54 Å². The van der Waals surface area contributed by atoms with E-state index in [0.29, 0.717) is 17.8 Å². The molecule has 1 amide bonds. The summed E-state index contributed by atoms with van der Waals surface area (Å²) in [6, 6.07) is 19.6. The number of amides is 1. The monoisotopic (exact) mass is 357 g/mol. The number of aryl methyl sites for hydroxylation is 1. The van der Waals surface area contributed by atoms with Gasteiger partial charge >= 0.3 is 0 Å². The molecule has 2 aromatic heterocycles. The second-order valence-corrected chi connectivity index (χ2v) is 6.29. The smallest absolute Gasteiger partial charge is 0.256 e. The molecule has 6 heteroatoms. The fourth-order valence-electron chi connectivity index (χ4n) is 3.10. The van der Waals surface area contributed by atoms with E-state index in [0.717, 1.165) is 22.4 Å². The van der Waals surface area contributed by atoms with Crippen LogP contribution < -0.4 is 11.1 Å². The fraction of sp³-hybridized carbons (Fsp3) is 0.0952. The molecule has 0 aliphatic heterocycles. The zero-order valence-corrected chi connectivity index (χ0v) is 14.9. The van der Waals surface area contributed by atoms with Gasteiger partial charge in [0.2, 0.25) is 0 Å². The van der Waals surface area contributed by atoms with Crippen molar-refractivity contribution in [1.29, 1.82) is 0 Å². The molecule has 6 nitrogen and oxygen atoms in total. The van der Waals surface area contributed by atoms with Crippen molar-refractivity contribution in [1.82, 2.24) is 19.9 Å². The Hall–Kier alpha value is -3.67. The molecule has 134 valence electrons. The van der Waals surface area contributed by atoms with Gasteiger partial charge in [-0.05, 0) is 18.1 Å². The van der Waals surface area contributed by atoms with Crippen LogP contribution in [-0.4, -0.2) is 20.5 Å². The topological polar surface area (TPSA) is 85.3 Å². The Kier molecular flexibility index (Phi) is 4.30. The zero-order chi connectivity index (χ0) is 18.8. The van der Waals surface area contributed by atoms with Gasteiger partial charge in [-0.3, -0.25) is 4.79 Å². The molecular formula is C21H19N5O. The van der Waals surface area contributed by atoms with Crippen LogP contribution in [0, 0.1) is 6.92 Å². The SMILES string of the molecule is Cc1nn2c(N)c(C(=O)NCc3ccccc3)cnc2c1-c1ccccc1. The first-order valence-corrected chi connectivity index (χ1v) is 8.66. The van der Waals surface area contributed by atoms with E-state index in [1.165, 1.54) is 10.7 Å². The average molecular weight is 357 g/mol. The number of rotatable bonds is 4. The molecule has 3 N–H and O–H groups in total. The number of nitrogens with zero attached hydrogens (tertiary/aromatic N) is 3. The minimum atomic E-state index is -0.278. The van der Waals surface area contributed by atoms with Crippen LogP contribution >= 0.6 is 0 Å². The van der Waals surface area contributed by atoms with Gasteiger partial charge in [0.1, 0.15) is 5.82 Å². The highest BCUT2D eigenvalue weighted by Crippen LogP contribution is 2.28. The highest BCUT2D eigenvalue weighted by molar-refractivity contribution is 5.99. The van der Waals surface area contributed by atoms with Gasteiger partial charge in [-0.25, -0.2) is 4.98 Å². The third-order valence-electron chi connectivity index (χ3n) is 4.46. The second-order valence-electron chi connectivity index (χ2n) is 6.29. The maximum atomic E-state index is 12.6. The van der Waals surface area contributed by atoms with Gasteiger partial charge in [-0.1, -0.05) is 60.7 Å². The molecule has 4 rings (SSSR count). The van der Waals surface area contributed by atoms with Gasteiger partial charge in [0.05, 0.1) is 11.3 Å². The first kappa shape index (κ1) is 16.8. The van der Waals surface area contributed by atoms with Gasteiger partial charge in [-0.2, -0.15) is 9.61 Å². The van der Waals surface area contributed by atoms with Crippen LogP contribution in [0.15, 0.2) is 66.9 Å². The van der Waals surface area contributed by atoms with Gasteiger partial charge in [0.15, 0.2) is 5.65 Å². The lowest BCUT2D eigenvalue weighted by Crippen LogP contribution is -2.25. The Morgan fingerprint density at radius 3 is 2.44 bits per heavy atom. The Labute approximate surface area is 156 Å². The van der Waals surface area contributed by atoms with E-state index in [-0.39, 0.29) is 11.7 Å². The summed E-state index contributed by atoms with van der Waals surface area (Å²) in [6.07, 6.45) is 1.51. The van der Waals surface area contributed by atoms with Gasteiger partial charge in [0, 0.05) is 18.3 Å². The summed E-state index contributed by atoms with van der Waals surface area (Å²) >= 11 is 0. The molecule has 0 bridgehead atoms. The number of hydrogen-bond acceptors (Lipinski definition) is 4. The van der Waals surface area contributed by atoms with E-state index in [1.54, 1.807) is 0 Å². The third-order valence-corrected chi connectivity index (χ3v) is 4.46. The lowest BCUT2D eigenvalue weighted by molar-refractivity contribution is 0.0951. The second kappa shape index (κ2) is 6.92. The van der Waals surface area contributed by atoms with E-state index in [9.17, 15) is 4.79 Å². The number of nitrogens with one attached hydrogen (secondary N) is 1. The molecule has 4 aromatic rings. The molecule has 2 heterocycles. The summed E-state index contributed by atoms with van der Waals surface area (Å²) in [4.78, 5) is 17.0. The summed E-state index contributed by atoms with van der Waals surface area (Å²) in [5, 5.41) is 7.37. The summed E-state index contributed by atoms with van der Waals surface area (Å²) in [5.41, 5.74) is 10.9. The molecule has 0 atom stereocenters. The molecule has 0 saturated heterocycles. The highest BCUT2D eigenvalue weighted by Gasteiger charge is 2.19. The van der Waals surface area contributed by atoms with E-state index in [1.807, 2.05) is 67.6 Å². The number of nitrogens with two attached hydrogens (primary N) is 1. The van der Waals surface area contributed by atoms with Crippen molar-refractivity contribution in [2.75, 3.05) is 5.73 Å². The van der Waals surface area contributed by atoms with E-state index >= 15 is 0 Å². The summed E-state index contributed by atoms with van der Waals surface area (Å²) in [6.45, 7) is 2.33. The van der Waals surface area contributed by atoms with Crippen LogP contribution in [0.3, 0.4) is 0 Å². The number of benzene rings is 2. The lowest BCUT2D eigenvalue weighted by Gasteiger charge is -2.09. The fourth-order valence-corrected chi connectivity index (χ4v) is 3.10. The molecule has 0 saturated carbocycles. The Bertz CT molecular complexity index is 1100. The van der Waals surface area contributed by atoms with Crippen molar-refractivity contribution in [2.45, 2.75) is 13.5 Å². The minimum absolute atomic E-state index is 0.274. The number of hydrogen-bond donors (Lipinski definition) is 2. The van der Waals surface area contributed by atoms with E-state index in [4.69, 9.17) is 5.73 Å². The molecule has 0 aliphatic carbocycles. The molecule has 0 fully saturated rings. The predicted molar refractivity (Wildman–Crippen MR) is 105 cm³/mol. The standard InChI is InChI=1S/C21H19N5O/c1-14-18(16-10-6-3-7-11-16)20-23-13-17(19(22)26(20)25-14)21(27)24-12-15-8-4-2-5-9-15/h2-11,13H,12,22H2,1H3,(H,24,27). The van der Waals surface area contributed by atoms with E-state index in [2.05, 4.69) is 15.4 Å². The normalized spacial score (nSPS) is 10.9. The van der Waals surface area contributed by atoms with Crippen molar-refractivity contribution in [2.24, 2.45) is 0 Å². The Morgan fingerprint density at radius 1 is 1.07 bits per heavy atom. The zero-order valence-electron chi connectivity index (χ0n) is 14.9. The summed E-state index contributed by atoms with van der Waals surface area (Å²) in [5.74, 6) is -0.00369. The summed E-state index contributed by atoms with van der Waals surface area (Å²) < 4.78 is 1.54. The quantitative estimate of drug-likeness (QED) is 0.587. The van der Waals surface area contributed by atoms with Crippen LogP contribution in [0.5, 0.6) is 0 Å². The van der Waals surface area contributed by atoms with Crippen LogP contribution in [0.4, 0.5) is 5.82 Å². The number of nitrogen functional groups attached to an aromatic ring is 1. The molecular weight excluding hydrogens is 338 g/mol. The first-order valence-electron chi connectivity index (χ1n) is 8.66. The minimum Gasteiger partial charge on any atom is -0.383 e. The van der Waals surface area contributed by atoms with Crippen molar-refractivity contribution in [3.8, 4) is 11.1 Å². The van der Waals surface area contributed by atoms with Crippen molar-refractivity contribution < 1.29 is 4.79 Å². The maximum absolute atomic E-state index is 12.6. The molecule has 0 radical (unpaired) electrons. The number of carbonyl (C=O) groups excluding carboxylic acids is 1. The van der Waals surface area contributed by atoms with Gasteiger partial charge < -0.3 is 11.1 Å². The highest BCUT2D eigenvalue weighted by atomic mass is 16.1. The van der Waals surface area contributed by atoms with Crippen molar-refractivity contribution in [3.63, 3.8) is 0 Å². The van der Waals surface area contributed by atoms with Crippen LogP contribution in [0.1, 0.15) is 21.6 Å². The van der Waals surface area contributed by atoms with Crippen molar-refractivity contribution >= 4 is 17.4 Å². The molecule has 0 aliphatic rings. The van der Waals surface area contributed by atoms with Crippen molar-refractivity contribution in [3.05, 3.63) is 83.7 Å². The average Bonchev–Trinajstić information content (AvgIpc) is 3.05. The number of anilines is 1. The largest absolute Gasteiger partial charge is 0.383 e. The molecule has 27 heavy (non-hydrogen) atoms. The van der Waals surface area contributed by atoms with Gasteiger partial charge in [0.25, 0.3) is 5.91 Å². The Morgan fingerprint density at radius 2 is 1.74 bits per heavy atom. The van der Waals surface area contributed by atoms with E-state index < -0.39 is 0 Å². The van der Waals surface area contributed by atoms with Gasteiger partial charge in [-0.15, -0.1) is 0 Å². The van der Waals surface area contributed by atoms with Crippen LogP contribution in [0.25, 0.3) is 16.8 Å². The summed E-state index contributed by atoms with van der Waals surface area (Å²) in [7, 11) is 0. The van der Waals surface area contributed by atoms with Crippen LogP contribution in [0.2, 0.25) is 0 Å². The number of carbonyl (C=O) groups is 1. The number of fused-ring (bicyclic) bond motifs is 1. The third kappa shape index (κ3) is 3.13.